The highest BCUT2D eigenvalue weighted by atomic mass is 16.6. The number of unbranched alkanes of at least 4 members (excludes halogenated alkanes) is 14. The van der Waals surface area contributed by atoms with Crippen molar-refractivity contribution in [2.75, 3.05) is 26.4 Å². The summed E-state index contributed by atoms with van der Waals surface area (Å²) in [4.78, 5) is 23.4. The molecule has 1 rings (SSSR count). The van der Waals surface area contributed by atoms with Gasteiger partial charge >= 0.3 is 12.1 Å². The number of hydrogen-bond donors (Lipinski definition) is 1. The van der Waals surface area contributed by atoms with Crippen LogP contribution in [0.25, 0.3) is 0 Å². The first-order chi connectivity index (χ1) is 17.7. The fourth-order valence-corrected chi connectivity index (χ4v) is 4.03. The van der Waals surface area contributed by atoms with Gasteiger partial charge in [0.25, 0.3) is 0 Å². The Morgan fingerprint density at radius 2 is 1.22 bits per heavy atom. The first-order valence-electron chi connectivity index (χ1n) is 14.4. The summed E-state index contributed by atoms with van der Waals surface area (Å²) in [5.41, 5.74) is 0.940. The van der Waals surface area contributed by atoms with Crippen molar-refractivity contribution in [2.24, 2.45) is 0 Å². The Morgan fingerprint density at radius 3 is 1.81 bits per heavy atom. The van der Waals surface area contributed by atoms with Gasteiger partial charge in [-0.05, 0) is 12.0 Å². The molecule has 0 aromatic heterocycles. The second-order valence-corrected chi connectivity index (χ2v) is 9.52. The van der Waals surface area contributed by atoms with Crippen LogP contribution in [0.3, 0.4) is 0 Å². The van der Waals surface area contributed by atoms with Crippen molar-refractivity contribution in [1.82, 2.24) is 5.32 Å². The Morgan fingerprint density at radius 1 is 0.667 bits per heavy atom. The van der Waals surface area contributed by atoms with E-state index in [0.717, 1.165) is 18.4 Å². The maximum atomic E-state index is 11.8. The summed E-state index contributed by atoms with van der Waals surface area (Å²) in [7, 11) is 0. The zero-order valence-corrected chi connectivity index (χ0v) is 22.8. The van der Waals surface area contributed by atoms with Gasteiger partial charge in [-0.3, -0.25) is 4.79 Å². The van der Waals surface area contributed by atoms with Crippen LogP contribution in [-0.4, -0.2) is 38.4 Å². The lowest BCUT2D eigenvalue weighted by Gasteiger charge is -2.08. The molecule has 6 nitrogen and oxygen atoms in total. The second kappa shape index (κ2) is 24.6. The van der Waals surface area contributed by atoms with Crippen LogP contribution in [0.2, 0.25) is 0 Å². The van der Waals surface area contributed by atoms with Crippen molar-refractivity contribution >= 4 is 12.1 Å². The number of nitrogens with one attached hydrogen (secondary N) is 1. The predicted molar refractivity (Wildman–Crippen MR) is 146 cm³/mol. The van der Waals surface area contributed by atoms with Crippen LogP contribution >= 0.6 is 0 Å². The Hall–Kier alpha value is -2.08. The van der Waals surface area contributed by atoms with Gasteiger partial charge in [-0.2, -0.15) is 0 Å². The molecule has 0 radical (unpaired) electrons. The maximum absolute atomic E-state index is 11.8. The third-order valence-electron chi connectivity index (χ3n) is 6.20. The molecule has 0 spiro atoms. The molecule has 0 bridgehead atoms. The van der Waals surface area contributed by atoms with Crippen molar-refractivity contribution in [3.63, 3.8) is 0 Å². The van der Waals surface area contributed by atoms with E-state index in [0.29, 0.717) is 26.2 Å². The minimum absolute atomic E-state index is 0.157. The van der Waals surface area contributed by atoms with Crippen LogP contribution in [-0.2, 0) is 25.6 Å². The predicted octanol–water partition coefficient (Wildman–Crippen LogP) is 7.73. The van der Waals surface area contributed by atoms with Crippen LogP contribution in [0, 0.1) is 0 Å². The minimum atomic E-state index is -0.475. The standard InChI is InChI=1S/C30H51NO5/c1-2-3-4-5-6-7-8-9-10-11-12-13-14-15-19-22-29(32)35-26-25-34-24-23-31-30(33)36-27-28-20-17-16-18-21-28/h16-18,20-21H,2-15,19,22-27H2,1H3,(H,31,33). The summed E-state index contributed by atoms with van der Waals surface area (Å²) in [6, 6.07) is 9.52. The van der Waals surface area contributed by atoms with Gasteiger partial charge in [-0.25, -0.2) is 4.79 Å². The minimum Gasteiger partial charge on any atom is -0.463 e. The molecule has 6 heteroatoms. The van der Waals surface area contributed by atoms with Crippen molar-refractivity contribution in [1.29, 1.82) is 0 Å². The number of alkyl carbamates (subject to hydrolysis) is 1. The lowest BCUT2D eigenvalue weighted by atomic mass is 10.0. The molecule has 1 aromatic rings. The molecule has 1 aromatic carbocycles. The number of benzene rings is 1. The normalized spacial score (nSPS) is 10.8. The van der Waals surface area contributed by atoms with E-state index in [2.05, 4.69) is 12.2 Å². The molecule has 36 heavy (non-hydrogen) atoms. The fourth-order valence-electron chi connectivity index (χ4n) is 4.03. The summed E-state index contributed by atoms with van der Waals surface area (Å²) in [5, 5.41) is 2.63. The van der Waals surface area contributed by atoms with Crippen molar-refractivity contribution in [3.05, 3.63) is 35.9 Å². The van der Waals surface area contributed by atoms with Crippen molar-refractivity contribution < 1.29 is 23.8 Å². The average Bonchev–Trinajstić information content (AvgIpc) is 2.89. The Bertz CT molecular complexity index is 637. The molecule has 0 fully saturated rings. The van der Waals surface area contributed by atoms with Crippen LogP contribution in [0.5, 0.6) is 0 Å². The summed E-state index contributed by atoms with van der Waals surface area (Å²) < 4.78 is 15.7. The molecule has 0 saturated carbocycles. The highest BCUT2D eigenvalue weighted by Crippen LogP contribution is 2.13. The summed E-state index contributed by atoms with van der Waals surface area (Å²) in [6.07, 6.45) is 19.7. The molecular formula is C30H51NO5. The number of carbonyl (C=O) groups excluding carboxylic acids is 2. The Balaban J connectivity index is 1.76. The molecule has 0 aliphatic heterocycles. The average molecular weight is 506 g/mol. The molecular weight excluding hydrogens is 454 g/mol. The van der Waals surface area contributed by atoms with E-state index < -0.39 is 6.09 Å². The molecule has 1 N–H and O–H groups in total. The number of rotatable bonds is 24. The van der Waals surface area contributed by atoms with Crippen molar-refractivity contribution in [3.8, 4) is 0 Å². The second-order valence-electron chi connectivity index (χ2n) is 9.52. The van der Waals surface area contributed by atoms with E-state index in [1.807, 2.05) is 30.3 Å². The zero-order chi connectivity index (χ0) is 25.9. The van der Waals surface area contributed by atoms with Crippen LogP contribution < -0.4 is 5.32 Å². The van der Waals surface area contributed by atoms with E-state index in [9.17, 15) is 9.59 Å². The van der Waals surface area contributed by atoms with Crippen molar-refractivity contribution in [2.45, 2.75) is 116 Å². The molecule has 0 atom stereocenters. The Labute approximate surface area is 219 Å². The topological polar surface area (TPSA) is 73.9 Å². The summed E-state index contributed by atoms with van der Waals surface area (Å²) in [5.74, 6) is -0.157. The zero-order valence-electron chi connectivity index (χ0n) is 22.8. The molecule has 1 amide bonds. The highest BCUT2D eigenvalue weighted by molar-refractivity contribution is 5.69. The lowest BCUT2D eigenvalue weighted by Crippen LogP contribution is -2.28. The molecule has 0 unspecified atom stereocenters. The van der Waals surface area contributed by atoms with E-state index in [4.69, 9.17) is 14.2 Å². The van der Waals surface area contributed by atoms with Gasteiger partial charge in [0.1, 0.15) is 13.2 Å². The van der Waals surface area contributed by atoms with Gasteiger partial charge in [0.2, 0.25) is 0 Å². The first kappa shape index (κ1) is 31.9. The quantitative estimate of drug-likeness (QED) is 0.115. The largest absolute Gasteiger partial charge is 0.463 e. The van der Waals surface area contributed by atoms with Gasteiger partial charge in [0, 0.05) is 13.0 Å². The molecule has 206 valence electrons. The smallest absolute Gasteiger partial charge is 0.407 e. The van der Waals surface area contributed by atoms with Gasteiger partial charge in [-0.15, -0.1) is 0 Å². The third-order valence-corrected chi connectivity index (χ3v) is 6.20. The highest BCUT2D eigenvalue weighted by Gasteiger charge is 2.04. The van der Waals surface area contributed by atoms with E-state index in [1.165, 1.54) is 83.5 Å². The van der Waals surface area contributed by atoms with Gasteiger partial charge in [-0.1, -0.05) is 127 Å². The molecule has 0 heterocycles. The van der Waals surface area contributed by atoms with Gasteiger partial charge in [0.05, 0.1) is 13.2 Å². The maximum Gasteiger partial charge on any atom is 0.407 e. The summed E-state index contributed by atoms with van der Waals surface area (Å²) in [6.45, 7) is 3.77. The Kier molecular flexibility index (Phi) is 21.8. The lowest BCUT2D eigenvalue weighted by molar-refractivity contribution is -0.145. The van der Waals surface area contributed by atoms with Crippen LogP contribution in [0.1, 0.15) is 115 Å². The SMILES string of the molecule is CCCCCCCCCCCCCCCCCC(=O)OCCOCCNC(=O)OCc1ccccc1. The van der Waals surface area contributed by atoms with Crippen LogP contribution in [0.15, 0.2) is 30.3 Å². The number of ether oxygens (including phenoxy) is 3. The van der Waals surface area contributed by atoms with E-state index >= 15 is 0 Å². The van der Waals surface area contributed by atoms with Gasteiger partial charge < -0.3 is 19.5 Å². The van der Waals surface area contributed by atoms with E-state index in [-0.39, 0.29) is 19.2 Å². The molecule has 0 aliphatic carbocycles. The third kappa shape index (κ3) is 21.2. The fraction of sp³-hybridized carbons (Fsp3) is 0.733. The van der Waals surface area contributed by atoms with Crippen LogP contribution in [0.4, 0.5) is 4.79 Å². The van der Waals surface area contributed by atoms with Gasteiger partial charge in [0.15, 0.2) is 0 Å². The first-order valence-corrected chi connectivity index (χ1v) is 14.4. The van der Waals surface area contributed by atoms with E-state index in [1.54, 1.807) is 0 Å². The summed E-state index contributed by atoms with van der Waals surface area (Å²) >= 11 is 0. The molecule has 0 saturated heterocycles. The number of carbonyl (C=O) groups is 2. The number of esters is 1. The molecule has 0 aliphatic rings. The monoisotopic (exact) mass is 505 g/mol. The number of amides is 1. The number of hydrogen-bond acceptors (Lipinski definition) is 5.